The number of aromatic nitrogens is 7. The monoisotopic (exact) mass is 561 g/mol. The fourth-order valence-corrected chi connectivity index (χ4v) is 4.52. The number of rotatable bonds is 10. The number of nitrogens with one attached hydrogen (secondary N) is 1. The van der Waals surface area contributed by atoms with Crippen molar-refractivity contribution in [2.45, 2.75) is 19.9 Å². The van der Waals surface area contributed by atoms with E-state index >= 15 is 0 Å². The molecule has 0 bridgehead atoms. The first kappa shape index (κ1) is 27.1. The maximum atomic E-state index is 11.7. The lowest BCUT2D eigenvalue weighted by Crippen LogP contribution is -2.27. The standard InChI is InChI=1S/C26H26N8O5S/c1-5-39-20-11-6-8-16(30-20)25-32-24-26(34(25)22-18(37-3)9-7-10-19(22)38-4)31-17(14-29-24)21(33-40(35)36)23-27-12-15(2)13-28-23/h6-14,21,33H,5H2,1-4H3,(H,35,36)/p-1. The van der Waals surface area contributed by atoms with Gasteiger partial charge in [0, 0.05) is 29.7 Å². The lowest BCUT2D eigenvalue weighted by atomic mass is 10.2. The van der Waals surface area contributed by atoms with Crippen LogP contribution in [0.1, 0.15) is 30.0 Å². The predicted octanol–water partition coefficient (Wildman–Crippen LogP) is 2.86. The van der Waals surface area contributed by atoms with Crippen molar-refractivity contribution < 1.29 is 23.0 Å². The third kappa shape index (κ3) is 5.32. The van der Waals surface area contributed by atoms with E-state index in [-0.39, 0.29) is 17.2 Å². The molecule has 0 saturated carbocycles. The van der Waals surface area contributed by atoms with E-state index in [4.69, 9.17) is 24.2 Å². The van der Waals surface area contributed by atoms with Crippen molar-refractivity contribution in [3.05, 3.63) is 72.1 Å². The van der Waals surface area contributed by atoms with E-state index in [1.165, 1.54) is 6.20 Å². The summed E-state index contributed by atoms with van der Waals surface area (Å²) in [5.74, 6) is 1.97. The van der Waals surface area contributed by atoms with E-state index in [0.717, 1.165) is 5.56 Å². The Kier molecular flexibility index (Phi) is 7.91. The molecule has 13 nitrogen and oxygen atoms in total. The number of pyridine rings is 1. The van der Waals surface area contributed by atoms with Crippen molar-refractivity contribution >= 4 is 22.6 Å². The molecule has 0 fully saturated rings. The van der Waals surface area contributed by atoms with Crippen LogP contribution in [0.15, 0.2) is 55.0 Å². The Balaban J connectivity index is 1.80. The van der Waals surface area contributed by atoms with Crippen LogP contribution in [0.4, 0.5) is 0 Å². The molecule has 0 aliphatic rings. The molecule has 40 heavy (non-hydrogen) atoms. The second-order valence-electron chi connectivity index (χ2n) is 8.42. The number of ether oxygens (including phenoxy) is 3. The van der Waals surface area contributed by atoms with Crippen LogP contribution in [0.25, 0.3) is 28.5 Å². The van der Waals surface area contributed by atoms with Crippen LogP contribution in [0, 0.1) is 6.92 Å². The maximum Gasteiger partial charge on any atom is 0.213 e. The van der Waals surface area contributed by atoms with E-state index in [1.54, 1.807) is 67.6 Å². The first-order valence-electron chi connectivity index (χ1n) is 12.1. The van der Waals surface area contributed by atoms with E-state index in [1.807, 2.05) is 13.8 Å². The Bertz CT molecular complexity index is 1660. The van der Waals surface area contributed by atoms with Crippen LogP contribution in [-0.4, -0.2) is 64.1 Å². The zero-order chi connectivity index (χ0) is 28.2. The van der Waals surface area contributed by atoms with Crippen LogP contribution in [0.2, 0.25) is 0 Å². The minimum atomic E-state index is -2.65. The maximum absolute atomic E-state index is 11.7. The van der Waals surface area contributed by atoms with Crippen molar-refractivity contribution in [3.63, 3.8) is 0 Å². The highest BCUT2D eigenvalue weighted by molar-refractivity contribution is 7.77. The van der Waals surface area contributed by atoms with E-state index < -0.39 is 17.3 Å². The number of benzene rings is 1. The molecule has 0 amide bonds. The molecule has 2 atom stereocenters. The predicted molar refractivity (Wildman–Crippen MR) is 145 cm³/mol. The van der Waals surface area contributed by atoms with Gasteiger partial charge in [0.15, 0.2) is 22.9 Å². The van der Waals surface area contributed by atoms with Crippen molar-refractivity contribution in [2.75, 3.05) is 20.8 Å². The molecule has 2 unspecified atom stereocenters. The minimum Gasteiger partial charge on any atom is -0.760 e. The topological polar surface area (TPSA) is 162 Å². The highest BCUT2D eigenvalue weighted by Gasteiger charge is 2.26. The molecular formula is C26H25N8O5S-. The lowest BCUT2D eigenvalue weighted by Gasteiger charge is -2.19. The van der Waals surface area contributed by atoms with Gasteiger partial charge >= 0.3 is 0 Å². The van der Waals surface area contributed by atoms with Crippen molar-refractivity contribution in [1.29, 1.82) is 0 Å². The molecule has 0 saturated heterocycles. The quantitative estimate of drug-likeness (QED) is 0.250. The highest BCUT2D eigenvalue weighted by atomic mass is 32.2. The van der Waals surface area contributed by atoms with Crippen LogP contribution >= 0.6 is 0 Å². The molecule has 0 aliphatic carbocycles. The number of hydrogen-bond donors (Lipinski definition) is 1. The first-order valence-corrected chi connectivity index (χ1v) is 13.2. The molecule has 0 aliphatic heterocycles. The average molecular weight is 562 g/mol. The molecule has 206 valence electrons. The molecule has 14 heteroatoms. The fraction of sp³-hybridized carbons (Fsp3) is 0.231. The lowest BCUT2D eigenvalue weighted by molar-refractivity contribution is 0.327. The summed E-state index contributed by atoms with van der Waals surface area (Å²) in [6.07, 6.45) is 4.62. The second-order valence-corrected chi connectivity index (χ2v) is 9.13. The molecule has 5 aromatic rings. The first-order chi connectivity index (χ1) is 19.4. The van der Waals surface area contributed by atoms with E-state index in [0.29, 0.717) is 46.8 Å². The van der Waals surface area contributed by atoms with E-state index in [2.05, 4.69) is 24.7 Å². The van der Waals surface area contributed by atoms with Gasteiger partial charge in [-0.2, -0.15) is 0 Å². The zero-order valence-electron chi connectivity index (χ0n) is 22.1. The van der Waals surface area contributed by atoms with Gasteiger partial charge < -0.3 is 18.8 Å². The van der Waals surface area contributed by atoms with Gasteiger partial charge in [0.05, 0.1) is 32.7 Å². The molecule has 0 spiro atoms. The molecule has 0 radical (unpaired) electrons. The van der Waals surface area contributed by atoms with Crippen molar-refractivity contribution in [3.8, 4) is 34.6 Å². The number of hydrogen-bond acceptors (Lipinski definition) is 11. The van der Waals surface area contributed by atoms with Crippen LogP contribution in [-0.2, 0) is 11.3 Å². The number of imidazole rings is 1. The summed E-state index contributed by atoms with van der Waals surface area (Å²) in [6.45, 7) is 4.14. The number of methoxy groups -OCH3 is 2. The second kappa shape index (κ2) is 11.7. The minimum absolute atomic E-state index is 0.204. The summed E-state index contributed by atoms with van der Waals surface area (Å²) in [6, 6.07) is 9.68. The number of para-hydroxylation sites is 1. The van der Waals surface area contributed by atoms with Crippen LogP contribution in [0.5, 0.6) is 17.4 Å². The Hall–Kier alpha value is -4.53. The summed E-state index contributed by atoms with van der Waals surface area (Å²) in [5, 5.41) is 0. The van der Waals surface area contributed by atoms with Crippen molar-refractivity contribution in [2.24, 2.45) is 0 Å². The SMILES string of the molecule is CCOc1cccc(-c2nc3ncc(C(NS(=O)[O-])c4ncc(C)cn4)nc3n2-c2c(OC)cccc2OC)n1. The van der Waals surface area contributed by atoms with E-state index in [9.17, 15) is 8.76 Å². The van der Waals surface area contributed by atoms with Gasteiger partial charge in [0.25, 0.3) is 0 Å². The fourth-order valence-electron chi connectivity index (χ4n) is 4.10. The molecule has 4 heterocycles. The van der Waals surface area contributed by atoms with Crippen LogP contribution in [0.3, 0.4) is 0 Å². The molecular weight excluding hydrogens is 536 g/mol. The summed E-state index contributed by atoms with van der Waals surface area (Å²) in [4.78, 5) is 27.3. The number of aryl methyl sites for hydroxylation is 1. The van der Waals surface area contributed by atoms with Gasteiger partial charge in [-0.1, -0.05) is 12.1 Å². The summed E-state index contributed by atoms with van der Waals surface area (Å²) in [7, 11) is 3.08. The van der Waals surface area contributed by atoms with Crippen molar-refractivity contribution in [1.82, 2.24) is 39.2 Å². The van der Waals surface area contributed by atoms with Gasteiger partial charge in [-0.3, -0.25) is 8.78 Å². The van der Waals surface area contributed by atoms with Gasteiger partial charge in [0.1, 0.15) is 28.9 Å². The third-order valence-electron chi connectivity index (χ3n) is 5.83. The van der Waals surface area contributed by atoms with Gasteiger partial charge in [-0.25, -0.2) is 34.6 Å². The Morgan fingerprint density at radius 3 is 2.33 bits per heavy atom. The Morgan fingerprint density at radius 2 is 1.68 bits per heavy atom. The number of fused-ring (bicyclic) bond motifs is 1. The summed E-state index contributed by atoms with van der Waals surface area (Å²) < 4.78 is 44.6. The van der Waals surface area contributed by atoms with Crippen LogP contribution < -0.4 is 18.9 Å². The molecule has 5 rings (SSSR count). The van der Waals surface area contributed by atoms with Gasteiger partial charge in [0.2, 0.25) is 5.88 Å². The van der Waals surface area contributed by atoms with Gasteiger partial charge in [-0.05, 0) is 37.6 Å². The zero-order valence-corrected chi connectivity index (χ0v) is 22.9. The number of nitrogens with zero attached hydrogens (tertiary/aromatic N) is 7. The Morgan fingerprint density at radius 1 is 0.975 bits per heavy atom. The normalized spacial score (nSPS) is 12.7. The average Bonchev–Trinajstić information content (AvgIpc) is 3.34. The Labute approximate surface area is 232 Å². The van der Waals surface area contributed by atoms with Gasteiger partial charge in [-0.15, -0.1) is 0 Å². The summed E-state index contributed by atoms with van der Waals surface area (Å²) in [5.41, 5.74) is 2.64. The highest BCUT2D eigenvalue weighted by Crippen LogP contribution is 2.38. The smallest absolute Gasteiger partial charge is 0.213 e. The molecule has 4 aromatic heterocycles. The largest absolute Gasteiger partial charge is 0.760 e. The molecule has 1 N–H and O–H groups in total. The molecule has 1 aromatic carbocycles. The summed E-state index contributed by atoms with van der Waals surface area (Å²) >= 11 is -2.65. The third-order valence-corrected chi connectivity index (χ3v) is 6.26.